The van der Waals surface area contributed by atoms with Crippen molar-refractivity contribution in [1.29, 1.82) is 0 Å². The summed E-state index contributed by atoms with van der Waals surface area (Å²) in [7, 11) is 0. The molecule has 3 heterocycles. The van der Waals surface area contributed by atoms with Gasteiger partial charge in [-0.2, -0.15) is 0 Å². The minimum Gasteiger partial charge on any atom is -0.350 e. The Balaban J connectivity index is 1.61. The van der Waals surface area contributed by atoms with Crippen LogP contribution in [-0.2, 0) is 6.54 Å². The van der Waals surface area contributed by atoms with Crippen LogP contribution in [0, 0.1) is 0 Å². The number of nitrogens with zero attached hydrogens (tertiary/aromatic N) is 4. The van der Waals surface area contributed by atoms with Crippen LogP contribution in [0.3, 0.4) is 0 Å². The molecule has 0 saturated carbocycles. The van der Waals surface area contributed by atoms with E-state index in [-0.39, 0.29) is 5.91 Å². The quantitative estimate of drug-likeness (QED) is 0.778. The minimum atomic E-state index is -0.126. The molecule has 6 nitrogen and oxygen atoms in total. The fraction of sp³-hybridized carbons (Fsp3) is 0.125. The summed E-state index contributed by atoms with van der Waals surface area (Å²) < 4.78 is 2.00. The number of hydrogen-bond acceptors (Lipinski definition) is 4. The molecular formula is C16H15N5O. The van der Waals surface area contributed by atoms with Gasteiger partial charge in [-0.05, 0) is 24.3 Å². The predicted octanol–water partition coefficient (Wildman–Crippen LogP) is 1.77. The number of pyridine rings is 2. The Morgan fingerprint density at radius 2 is 1.95 bits per heavy atom. The molecule has 22 heavy (non-hydrogen) atoms. The molecule has 0 aliphatic rings. The Kier molecular flexibility index (Phi) is 4.20. The molecule has 3 aromatic rings. The number of carbonyl (C=O) groups excluding carboxylic acids is 1. The zero-order valence-electron chi connectivity index (χ0n) is 11.9. The van der Waals surface area contributed by atoms with Gasteiger partial charge in [-0.15, -0.1) is 0 Å². The third kappa shape index (κ3) is 3.17. The summed E-state index contributed by atoms with van der Waals surface area (Å²) in [5.41, 5.74) is 1.56. The van der Waals surface area contributed by atoms with Crippen molar-refractivity contribution in [3.8, 4) is 11.4 Å². The zero-order chi connectivity index (χ0) is 15.2. The third-order valence-electron chi connectivity index (χ3n) is 3.22. The number of imidazole rings is 1. The maximum atomic E-state index is 11.9. The van der Waals surface area contributed by atoms with Crippen LogP contribution in [0.15, 0.2) is 61.4 Å². The van der Waals surface area contributed by atoms with Crippen molar-refractivity contribution >= 4 is 5.91 Å². The van der Waals surface area contributed by atoms with E-state index < -0.39 is 0 Å². The van der Waals surface area contributed by atoms with Gasteiger partial charge in [0.15, 0.2) is 0 Å². The van der Waals surface area contributed by atoms with E-state index in [9.17, 15) is 4.79 Å². The molecule has 0 aliphatic heterocycles. The van der Waals surface area contributed by atoms with Gasteiger partial charge in [0.25, 0.3) is 5.91 Å². The van der Waals surface area contributed by atoms with Gasteiger partial charge >= 0.3 is 0 Å². The molecule has 0 aliphatic carbocycles. The average molecular weight is 293 g/mol. The van der Waals surface area contributed by atoms with Crippen LogP contribution in [0.5, 0.6) is 0 Å². The van der Waals surface area contributed by atoms with Gasteiger partial charge in [0.05, 0.1) is 5.56 Å². The van der Waals surface area contributed by atoms with Crippen LogP contribution < -0.4 is 5.32 Å². The number of amides is 1. The van der Waals surface area contributed by atoms with E-state index in [0.717, 1.165) is 11.4 Å². The molecule has 110 valence electrons. The van der Waals surface area contributed by atoms with Crippen LogP contribution in [0.1, 0.15) is 10.4 Å². The van der Waals surface area contributed by atoms with E-state index >= 15 is 0 Å². The second kappa shape index (κ2) is 6.62. The van der Waals surface area contributed by atoms with Crippen LogP contribution in [0.25, 0.3) is 11.4 Å². The fourth-order valence-electron chi connectivity index (χ4n) is 2.14. The summed E-state index contributed by atoms with van der Waals surface area (Å²) in [6.45, 7) is 1.16. The van der Waals surface area contributed by atoms with Gasteiger partial charge < -0.3 is 9.88 Å². The molecule has 1 amide bonds. The standard InChI is InChI=1S/C16H15N5O/c22-16(14-2-1-5-18-12-14)20-9-11-21-10-8-19-15(21)13-3-6-17-7-4-13/h1-8,10,12H,9,11H2,(H,20,22). The lowest BCUT2D eigenvalue weighted by molar-refractivity contribution is 0.0952. The van der Waals surface area contributed by atoms with Gasteiger partial charge in [-0.1, -0.05) is 0 Å². The Labute approximate surface area is 127 Å². The van der Waals surface area contributed by atoms with E-state index in [0.29, 0.717) is 18.7 Å². The molecule has 3 aromatic heterocycles. The molecule has 0 saturated heterocycles. The van der Waals surface area contributed by atoms with Crippen molar-refractivity contribution in [2.24, 2.45) is 0 Å². The summed E-state index contributed by atoms with van der Waals surface area (Å²) in [5.74, 6) is 0.733. The number of rotatable bonds is 5. The SMILES string of the molecule is O=C(NCCn1ccnc1-c1ccncc1)c1cccnc1. The molecule has 3 rings (SSSR count). The average Bonchev–Trinajstić information content (AvgIpc) is 3.05. The van der Waals surface area contributed by atoms with Crippen LogP contribution in [0.2, 0.25) is 0 Å². The molecule has 0 radical (unpaired) electrons. The Hall–Kier alpha value is -3.02. The normalized spacial score (nSPS) is 10.4. The van der Waals surface area contributed by atoms with E-state index in [1.54, 1.807) is 43.1 Å². The van der Waals surface area contributed by atoms with Crippen LogP contribution in [-0.4, -0.2) is 32.0 Å². The smallest absolute Gasteiger partial charge is 0.252 e. The van der Waals surface area contributed by atoms with Gasteiger partial charge in [-0.25, -0.2) is 4.98 Å². The van der Waals surface area contributed by atoms with E-state index in [4.69, 9.17) is 0 Å². The van der Waals surface area contributed by atoms with Crippen LogP contribution in [0.4, 0.5) is 0 Å². The maximum Gasteiger partial charge on any atom is 0.252 e. The Bertz CT molecular complexity index is 739. The Morgan fingerprint density at radius 3 is 2.73 bits per heavy atom. The Morgan fingerprint density at radius 1 is 1.09 bits per heavy atom. The van der Waals surface area contributed by atoms with Crippen molar-refractivity contribution in [1.82, 2.24) is 24.8 Å². The lowest BCUT2D eigenvalue weighted by atomic mass is 10.2. The van der Waals surface area contributed by atoms with Gasteiger partial charge in [0.1, 0.15) is 5.82 Å². The highest BCUT2D eigenvalue weighted by Crippen LogP contribution is 2.15. The van der Waals surface area contributed by atoms with Gasteiger partial charge in [0.2, 0.25) is 0 Å². The van der Waals surface area contributed by atoms with Gasteiger partial charge in [0, 0.05) is 55.8 Å². The first-order chi connectivity index (χ1) is 10.8. The molecule has 0 fully saturated rings. The van der Waals surface area contributed by atoms with Crippen LogP contribution >= 0.6 is 0 Å². The first-order valence-electron chi connectivity index (χ1n) is 6.94. The van der Waals surface area contributed by atoms with Crippen molar-refractivity contribution in [2.75, 3.05) is 6.54 Å². The highest BCUT2D eigenvalue weighted by molar-refractivity contribution is 5.93. The van der Waals surface area contributed by atoms with Crippen molar-refractivity contribution in [3.63, 3.8) is 0 Å². The maximum absolute atomic E-state index is 11.9. The summed E-state index contributed by atoms with van der Waals surface area (Å²) in [6.07, 6.45) is 10.3. The fourth-order valence-corrected chi connectivity index (χ4v) is 2.14. The highest BCUT2D eigenvalue weighted by atomic mass is 16.1. The number of carbonyl (C=O) groups is 1. The molecular weight excluding hydrogens is 278 g/mol. The van der Waals surface area contributed by atoms with E-state index in [1.165, 1.54) is 0 Å². The first-order valence-corrected chi connectivity index (χ1v) is 6.94. The number of aromatic nitrogens is 4. The predicted molar refractivity (Wildman–Crippen MR) is 82.0 cm³/mol. The first kappa shape index (κ1) is 13.9. The van der Waals surface area contributed by atoms with Gasteiger partial charge in [-0.3, -0.25) is 14.8 Å². The lowest BCUT2D eigenvalue weighted by Gasteiger charge is -2.09. The summed E-state index contributed by atoms with van der Waals surface area (Å²) >= 11 is 0. The number of hydrogen-bond donors (Lipinski definition) is 1. The zero-order valence-corrected chi connectivity index (χ0v) is 11.9. The van der Waals surface area contributed by atoms with Crippen molar-refractivity contribution in [2.45, 2.75) is 6.54 Å². The third-order valence-corrected chi connectivity index (χ3v) is 3.22. The summed E-state index contributed by atoms with van der Waals surface area (Å²) in [4.78, 5) is 24.2. The van der Waals surface area contributed by atoms with Crippen molar-refractivity contribution in [3.05, 3.63) is 67.0 Å². The second-order valence-electron chi connectivity index (χ2n) is 4.68. The molecule has 6 heteroatoms. The monoisotopic (exact) mass is 293 g/mol. The van der Waals surface area contributed by atoms with E-state index in [1.807, 2.05) is 22.9 Å². The molecule has 1 N–H and O–H groups in total. The highest BCUT2D eigenvalue weighted by Gasteiger charge is 2.07. The molecule has 0 atom stereocenters. The lowest BCUT2D eigenvalue weighted by Crippen LogP contribution is -2.27. The largest absolute Gasteiger partial charge is 0.350 e. The minimum absolute atomic E-state index is 0.126. The molecule has 0 bridgehead atoms. The molecule has 0 unspecified atom stereocenters. The van der Waals surface area contributed by atoms with E-state index in [2.05, 4.69) is 20.3 Å². The summed E-state index contributed by atoms with van der Waals surface area (Å²) in [6, 6.07) is 7.30. The summed E-state index contributed by atoms with van der Waals surface area (Å²) in [5, 5.41) is 2.88. The van der Waals surface area contributed by atoms with Crippen molar-refractivity contribution < 1.29 is 4.79 Å². The molecule has 0 aromatic carbocycles. The second-order valence-corrected chi connectivity index (χ2v) is 4.68. The molecule has 0 spiro atoms. The topological polar surface area (TPSA) is 72.7 Å². The number of nitrogens with one attached hydrogen (secondary N) is 1.